The van der Waals surface area contributed by atoms with Crippen LogP contribution in [0.1, 0.15) is 10.4 Å². The molecule has 0 unspecified atom stereocenters. The zero-order valence-electron chi connectivity index (χ0n) is 10.7. The Bertz CT molecular complexity index is 719. The molecule has 1 fully saturated rings. The first-order valence-electron chi connectivity index (χ1n) is 6.38. The zero-order valence-corrected chi connectivity index (χ0v) is 10.7. The molecule has 3 rings (SSSR count). The highest BCUT2D eigenvalue weighted by molar-refractivity contribution is 5.91. The van der Waals surface area contributed by atoms with Gasteiger partial charge in [0.15, 0.2) is 0 Å². The third kappa shape index (κ3) is 2.12. The first-order chi connectivity index (χ1) is 9.66. The molecule has 2 aromatic rings. The Morgan fingerprint density at radius 3 is 2.75 bits per heavy atom. The van der Waals surface area contributed by atoms with Gasteiger partial charge in [-0.1, -0.05) is 0 Å². The lowest BCUT2D eigenvalue weighted by Gasteiger charge is -2.28. The first-order valence-corrected chi connectivity index (χ1v) is 6.38. The number of hydrogen-bond acceptors (Lipinski definition) is 5. The summed E-state index contributed by atoms with van der Waals surface area (Å²) in [4.78, 5) is 32.2. The standard InChI is InChI=1S/C13H14N4O3/c18-11-8-1-2-10(17-5-3-14-4-6-17)16-12(8)15-7-9(11)13(19)20/h1-2,7,14H,3-6H2,(H,19,20)(H,15,16,18). The van der Waals surface area contributed by atoms with Crippen molar-refractivity contribution in [2.45, 2.75) is 0 Å². The molecule has 0 atom stereocenters. The van der Waals surface area contributed by atoms with Crippen LogP contribution in [0.25, 0.3) is 11.0 Å². The molecular weight excluding hydrogens is 260 g/mol. The average molecular weight is 274 g/mol. The third-order valence-corrected chi connectivity index (χ3v) is 3.39. The molecule has 1 aliphatic rings. The van der Waals surface area contributed by atoms with Crippen LogP contribution in [0.2, 0.25) is 0 Å². The maximum absolute atomic E-state index is 12.0. The van der Waals surface area contributed by atoms with Gasteiger partial charge in [0.1, 0.15) is 17.0 Å². The van der Waals surface area contributed by atoms with Gasteiger partial charge >= 0.3 is 5.97 Å². The van der Waals surface area contributed by atoms with Gasteiger partial charge in [-0.2, -0.15) is 0 Å². The Morgan fingerprint density at radius 2 is 2.05 bits per heavy atom. The average Bonchev–Trinajstić information content (AvgIpc) is 2.48. The van der Waals surface area contributed by atoms with E-state index in [4.69, 9.17) is 5.11 Å². The number of nitrogens with one attached hydrogen (secondary N) is 2. The molecule has 104 valence electrons. The molecule has 3 heterocycles. The first kappa shape index (κ1) is 12.6. The van der Waals surface area contributed by atoms with E-state index in [2.05, 4.69) is 20.2 Å². The van der Waals surface area contributed by atoms with Crippen LogP contribution in [0.5, 0.6) is 0 Å². The van der Waals surface area contributed by atoms with Gasteiger partial charge in [-0.05, 0) is 12.1 Å². The Kier molecular flexibility index (Phi) is 3.11. The molecule has 0 saturated carbocycles. The number of carboxylic acids is 1. The number of aromatic amines is 1. The number of piperazine rings is 1. The van der Waals surface area contributed by atoms with E-state index < -0.39 is 11.4 Å². The monoisotopic (exact) mass is 274 g/mol. The minimum atomic E-state index is -1.24. The summed E-state index contributed by atoms with van der Waals surface area (Å²) in [5.74, 6) is -0.447. The van der Waals surface area contributed by atoms with E-state index in [0.717, 1.165) is 32.0 Å². The van der Waals surface area contributed by atoms with Crippen LogP contribution in [0, 0.1) is 0 Å². The number of nitrogens with zero attached hydrogens (tertiary/aromatic N) is 2. The van der Waals surface area contributed by atoms with Crippen molar-refractivity contribution in [2.75, 3.05) is 31.1 Å². The van der Waals surface area contributed by atoms with Crippen LogP contribution in [-0.4, -0.2) is 47.2 Å². The number of pyridine rings is 2. The summed E-state index contributed by atoms with van der Waals surface area (Å²) < 4.78 is 0. The topological polar surface area (TPSA) is 98.3 Å². The lowest BCUT2D eigenvalue weighted by Crippen LogP contribution is -2.43. The van der Waals surface area contributed by atoms with Crippen molar-refractivity contribution in [1.82, 2.24) is 15.3 Å². The number of hydrogen-bond donors (Lipinski definition) is 3. The minimum absolute atomic E-state index is 0.269. The maximum atomic E-state index is 12.0. The molecule has 7 heteroatoms. The highest BCUT2D eigenvalue weighted by Crippen LogP contribution is 2.15. The fourth-order valence-corrected chi connectivity index (χ4v) is 2.32. The number of anilines is 1. The van der Waals surface area contributed by atoms with E-state index in [1.54, 1.807) is 12.1 Å². The maximum Gasteiger partial charge on any atom is 0.341 e. The van der Waals surface area contributed by atoms with Crippen molar-refractivity contribution < 1.29 is 9.90 Å². The van der Waals surface area contributed by atoms with Gasteiger partial charge in [-0.25, -0.2) is 9.78 Å². The van der Waals surface area contributed by atoms with Gasteiger partial charge in [-0.15, -0.1) is 0 Å². The van der Waals surface area contributed by atoms with Gasteiger partial charge in [0.2, 0.25) is 5.43 Å². The molecule has 0 spiro atoms. The summed E-state index contributed by atoms with van der Waals surface area (Å²) in [5.41, 5.74) is -0.365. The molecule has 20 heavy (non-hydrogen) atoms. The Balaban J connectivity index is 2.06. The normalized spacial score (nSPS) is 15.5. The van der Waals surface area contributed by atoms with E-state index in [9.17, 15) is 9.59 Å². The number of aromatic carboxylic acids is 1. The summed E-state index contributed by atoms with van der Waals surface area (Å²) in [6, 6.07) is 3.39. The van der Waals surface area contributed by atoms with E-state index in [0.29, 0.717) is 11.0 Å². The smallest absolute Gasteiger partial charge is 0.341 e. The highest BCUT2D eigenvalue weighted by Gasteiger charge is 2.15. The predicted molar refractivity (Wildman–Crippen MR) is 74.4 cm³/mol. The number of carboxylic acid groups (broad SMARTS) is 1. The molecule has 0 bridgehead atoms. The molecule has 2 aromatic heterocycles. The number of rotatable bonds is 2. The van der Waals surface area contributed by atoms with Crippen LogP contribution >= 0.6 is 0 Å². The van der Waals surface area contributed by atoms with Gasteiger partial charge in [0, 0.05) is 32.4 Å². The molecule has 3 N–H and O–H groups in total. The second-order valence-corrected chi connectivity index (χ2v) is 4.64. The Morgan fingerprint density at radius 1 is 1.30 bits per heavy atom. The fraction of sp³-hybridized carbons (Fsp3) is 0.308. The summed E-state index contributed by atoms with van der Waals surface area (Å²) in [5, 5.41) is 12.5. The number of aromatic nitrogens is 2. The summed E-state index contributed by atoms with van der Waals surface area (Å²) in [6.45, 7) is 3.51. The molecule has 0 aliphatic carbocycles. The molecular formula is C13H14N4O3. The van der Waals surface area contributed by atoms with Gasteiger partial charge in [0.25, 0.3) is 0 Å². The van der Waals surface area contributed by atoms with E-state index in [-0.39, 0.29) is 5.56 Å². The van der Waals surface area contributed by atoms with Crippen LogP contribution in [0.15, 0.2) is 23.1 Å². The summed E-state index contributed by atoms with van der Waals surface area (Å²) in [6.07, 6.45) is 1.20. The quantitative estimate of drug-likeness (QED) is 0.714. The van der Waals surface area contributed by atoms with E-state index in [1.807, 2.05) is 0 Å². The third-order valence-electron chi connectivity index (χ3n) is 3.39. The molecule has 0 radical (unpaired) electrons. The fourth-order valence-electron chi connectivity index (χ4n) is 2.32. The lowest BCUT2D eigenvalue weighted by molar-refractivity contribution is 0.0695. The van der Waals surface area contributed by atoms with E-state index in [1.165, 1.54) is 6.20 Å². The van der Waals surface area contributed by atoms with Crippen molar-refractivity contribution >= 4 is 22.8 Å². The van der Waals surface area contributed by atoms with Gasteiger partial charge in [-0.3, -0.25) is 4.79 Å². The van der Waals surface area contributed by atoms with E-state index >= 15 is 0 Å². The molecule has 7 nitrogen and oxygen atoms in total. The number of fused-ring (bicyclic) bond motifs is 1. The zero-order chi connectivity index (χ0) is 14.1. The van der Waals surface area contributed by atoms with Gasteiger partial charge < -0.3 is 20.3 Å². The number of H-pyrrole nitrogens is 1. The molecule has 1 saturated heterocycles. The summed E-state index contributed by atoms with van der Waals surface area (Å²) in [7, 11) is 0. The Labute approximate surface area is 114 Å². The van der Waals surface area contributed by atoms with Crippen molar-refractivity contribution in [3.05, 3.63) is 34.1 Å². The van der Waals surface area contributed by atoms with Crippen LogP contribution in [0.3, 0.4) is 0 Å². The van der Waals surface area contributed by atoms with Crippen molar-refractivity contribution in [3.8, 4) is 0 Å². The lowest BCUT2D eigenvalue weighted by atomic mass is 10.2. The van der Waals surface area contributed by atoms with Crippen molar-refractivity contribution in [1.29, 1.82) is 0 Å². The molecule has 0 aromatic carbocycles. The van der Waals surface area contributed by atoms with Crippen LogP contribution in [-0.2, 0) is 0 Å². The molecule has 0 amide bonds. The SMILES string of the molecule is O=C(O)c1c[nH]c2nc(N3CCNCC3)ccc2c1=O. The van der Waals surface area contributed by atoms with Gasteiger partial charge in [0.05, 0.1) is 5.39 Å². The highest BCUT2D eigenvalue weighted by atomic mass is 16.4. The van der Waals surface area contributed by atoms with Crippen LogP contribution in [0.4, 0.5) is 5.82 Å². The summed E-state index contributed by atoms with van der Waals surface area (Å²) >= 11 is 0. The van der Waals surface area contributed by atoms with Crippen molar-refractivity contribution in [2.24, 2.45) is 0 Å². The minimum Gasteiger partial charge on any atom is -0.477 e. The molecule has 1 aliphatic heterocycles. The van der Waals surface area contributed by atoms with Crippen molar-refractivity contribution in [3.63, 3.8) is 0 Å². The van der Waals surface area contributed by atoms with Crippen LogP contribution < -0.4 is 15.6 Å². The number of carbonyl (C=O) groups is 1. The largest absolute Gasteiger partial charge is 0.477 e. The Hall–Kier alpha value is -2.41. The predicted octanol–water partition coefficient (Wildman–Crippen LogP) is 0.0309. The second-order valence-electron chi connectivity index (χ2n) is 4.64. The second kappa shape index (κ2) is 4.93.